The molecule has 0 atom stereocenters. The van der Waals surface area contributed by atoms with Gasteiger partial charge in [0.15, 0.2) is 5.75 Å². The zero-order valence-corrected chi connectivity index (χ0v) is 27.1. The molecule has 4 aromatic rings. The Kier molecular flexibility index (Phi) is 10.3. The van der Waals surface area contributed by atoms with Crippen LogP contribution < -0.4 is 9.47 Å². The maximum absolute atomic E-state index is 13.4. The summed E-state index contributed by atoms with van der Waals surface area (Å²) in [6.45, 7) is 12.2. The first kappa shape index (κ1) is 31.6. The summed E-state index contributed by atoms with van der Waals surface area (Å²) in [5.41, 5.74) is 6.87. The van der Waals surface area contributed by atoms with Crippen LogP contribution in [0.25, 0.3) is 5.57 Å². The summed E-state index contributed by atoms with van der Waals surface area (Å²) in [5, 5.41) is 1.19. The highest BCUT2D eigenvalue weighted by molar-refractivity contribution is 6.32. The Labute approximate surface area is 269 Å². The molecule has 1 aromatic heterocycles. The average molecular weight is 631 g/mol. The van der Waals surface area contributed by atoms with Gasteiger partial charge in [-0.25, -0.2) is 4.98 Å². The van der Waals surface area contributed by atoms with Crippen LogP contribution in [0.5, 0.6) is 17.4 Å². The molecule has 0 saturated carbocycles. The van der Waals surface area contributed by atoms with Crippen LogP contribution in [0.3, 0.4) is 0 Å². The molecule has 228 valence electrons. The molecule has 5 rings (SSSR count). The Hall–Kier alpha value is -3.84. The first-order valence-corrected chi connectivity index (χ1v) is 15.5. The molecule has 0 bridgehead atoms. The lowest BCUT2D eigenvalue weighted by Gasteiger charge is -2.35. The molecular formula is C36H37Cl2N3O3. The number of nitrogens with zero attached hydrogens (tertiary/aromatic N) is 3. The Morgan fingerprint density at radius 1 is 0.864 bits per heavy atom. The lowest BCUT2D eigenvalue weighted by Crippen LogP contribution is -2.48. The van der Waals surface area contributed by atoms with Gasteiger partial charge in [-0.1, -0.05) is 65.2 Å². The van der Waals surface area contributed by atoms with Crippen LogP contribution in [0.1, 0.15) is 41.7 Å². The van der Waals surface area contributed by atoms with Crippen molar-refractivity contribution in [2.24, 2.45) is 0 Å². The third-order valence-electron chi connectivity index (χ3n) is 7.97. The molecule has 0 spiro atoms. The number of benzene rings is 3. The van der Waals surface area contributed by atoms with Crippen molar-refractivity contribution in [1.29, 1.82) is 0 Å². The summed E-state index contributed by atoms with van der Waals surface area (Å²) < 4.78 is 11.9. The highest BCUT2D eigenvalue weighted by Crippen LogP contribution is 2.36. The summed E-state index contributed by atoms with van der Waals surface area (Å²) in [6.07, 6.45) is 1.64. The number of carbonyl (C=O) groups excluding carboxylic acids is 1. The van der Waals surface area contributed by atoms with Crippen molar-refractivity contribution in [2.75, 3.05) is 26.2 Å². The van der Waals surface area contributed by atoms with Crippen LogP contribution in [0.15, 0.2) is 84.6 Å². The molecule has 44 heavy (non-hydrogen) atoms. The molecule has 0 N–H and O–H groups in total. The first-order chi connectivity index (χ1) is 21.2. The third kappa shape index (κ3) is 8.00. The fraction of sp³-hybridized carbons (Fsp3) is 0.278. The van der Waals surface area contributed by atoms with E-state index in [1.807, 2.05) is 56.0 Å². The summed E-state index contributed by atoms with van der Waals surface area (Å²) in [5.74, 6) is 1.65. The number of hydrogen-bond acceptors (Lipinski definition) is 5. The number of allylic oxidation sites excluding steroid dienone is 1. The Bertz CT molecular complexity index is 1600. The number of aryl methyl sites for hydroxylation is 2. The Morgan fingerprint density at radius 2 is 1.55 bits per heavy atom. The zero-order chi connectivity index (χ0) is 31.2. The van der Waals surface area contributed by atoms with Gasteiger partial charge < -0.3 is 14.4 Å². The van der Waals surface area contributed by atoms with Crippen molar-refractivity contribution >= 4 is 34.7 Å². The van der Waals surface area contributed by atoms with Crippen molar-refractivity contribution in [2.45, 2.75) is 40.8 Å². The highest BCUT2D eigenvalue weighted by atomic mass is 35.5. The summed E-state index contributed by atoms with van der Waals surface area (Å²) in [4.78, 5) is 22.1. The fourth-order valence-corrected chi connectivity index (χ4v) is 5.55. The lowest BCUT2D eigenvalue weighted by molar-refractivity contribution is -0.128. The minimum Gasteiger partial charge on any atom is -0.487 e. The average Bonchev–Trinajstić information content (AvgIpc) is 3.03. The van der Waals surface area contributed by atoms with Gasteiger partial charge in [0, 0.05) is 49.4 Å². The summed E-state index contributed by atoms with van der Waals surface area (Å²) in [7, 11) is 0. The van der Waals surface area contributed by atoms with Crippen LogP contribution in [0.2, 0.25) is 10.0 Å². The van der Waals surface area contributed by atoms with Gasteiger partial charge in [-0.2, -0.15) is 0 Å². The first-order valence-electron chi connectivity index (χ1n) is 14.7. The molecule has 0 unspecified atom stereocenters. The zero-order valence-electron chi connectivity index (χ0n) is 25.6. The smallest absolute Gasteiger partial charge is 0.249 e. The third-order valence-corrected chi connectivity index (χ3v) is 8.50. The van der Waals surface area contributed by atoms with Gasteiger partial charge in [-0.15, -0.1) is 0 Å². The van der Waals surface area contributed by atoms with E-state index in [9.17, 15) is 4.79 Å². The standard InChI is InChI=1S/C36H37Cl2N3O3/c1-24-5-7-29(8-6-24)23-43-32-13-14-34(39-21-32)44-35-25(2)19-30(20-33(35)38)26(3)27(4)36(42)41-17-15-40(16-18-41)22-28-9-11-31(37)12-10-28/h5-14,19-21H,15-18,22-23H2,1-4H3/b27-26+. The molecule has 0 radical (unpaired) electrons. The number of carbonyl (C=O) groups is 1. The van der Waals surface area contributed by atoms with Crippen LogP contribution in [0.4, 0.5) is 0 Å². The molecule has 0 aliphatic carbocycles. The van der Waals surface area contributed by atoms with Crippen molar-refractivity contribution in [3.05, 3.63) is 122 Å². The van der Waals surface area contributed by atoms with Crippen LogP contribution in [0, 0.1) is 13.8 Å². The van der Waals surface area contributed by atoms with Crippen molar-refractivity contribution < 1.29 is 14.3 Å². The van der Waals surface area contributed by atoms with E-state index in [4.69, 9.17) is 32.7 Å². The maximum atomic E-state index is 13.4. The number of amides is 1. The van der Waals surface area contributed by atoms with Crippen LogP contribution >= 0.6 is 23.2 Å². The number of aromatic nitrogens is 1. The van der Waals surface area contributed by atoms with E-state index >= 15 is 0 Å². The number of piperazine rings is 1. The summed E-state index contributed by atoms with van der Waals surface area (Å²) in [6, 6.07) is 23.6. The predicted octanol–water partition coefficient (Wildman–Crippen LogP) is 8.51. The molecule has 1 aliphatic rings. The molecule has 1 aliphatic heterocycles. The van der Waals surface area contributed by atoms with Crippen molar-refractivity contribution in [1.82, 2.24) is 14.8 Å². The lowest BCUT2D eigenvalue weighted by atomic mass is 9.99. The van der Waals surface area contributed by atoms with Crippen molar-refractivity contribution in [3.63, 3.8) is 0 Å². The summed E-state index contributed by atoms with van der Waals surface area (Å²) >= 11 is 12.7. The SMILES string of the molecule is C/C(C(=O)N1CCN(Cc2ccc(Cl)cc2)CC1)=C(/C)c1cc(C)c(Oc2ccc(OCc3ccc(C)cc3)cn2)c(Cl)c1. The van der Waals surface area contributed by atoms with E-state index in [2.05, 4.69) is 53.2 Å². The number of hydrogen-bond donors (Lipinski definition) is 0. The van der Waals surface area contributed by atoms with E-state index in [-0.39, 0.29) is 5.91 Å². The minimum atomic E-state index is 0.0524. The second kappa shape index (κ2) is 14.3. The molecule has 1 saturated heterocycles. The second-order valence-electron chi connectivity index (χ2n) is 11.3. The van der Waals surface area contributed by atoms with E-state index in [1.165, 1.54) is 11.1 Å². The number of halogens is 2. The van der Waals surface area contributed by atoms with Gasteiger partial charge in [0.05, 0.1) is 11.2 Å². The fourth-order valence-electron chi connectivity index (χ4n) is 5.12. The van der Waals surface area contributed by atoms with E-state index in [0.29, 0.717) is 47.7 Å². The van der Waals surface area contributed by atoms with Gasteiger partial charge in [-0.3, -0.25) is 9.69 Å². The van der Waals surface area contributed by atoms with Gasteiger partial charge in [-0.05, 0) is 85.9 Å². The largest absolute Gasteiger partial charge is 0.487 e. The van der Waals surface area contributed by atoms with Crippen molar-refractivity contribution in [3.8, 4) is 17.4 Å². The predicted molar refractivity (Wildman–Crippen MR) is 178 cm³/mol. The van der Waals surface area contributed by atoms with E-state index in [0.717, 1.165) is 46.9 Å². The maximum Gasteiger partial charge on any atom is 0.249 e. The molecule has 2 heterocycles. The van der Waals surface area contributed by atoms with Gasteiger partial charge in [0.25, 0.3) is 0 Å². The Morgan fingerprint density at radius 3 is 2.18 bits per heavy atom. The molecule has 1 amide bonds. The number of ether oxygens (including phenoxy) is 2. The molecular weight excluding hydrogens is 593 g/mol. The second-order valence-corrected chi connectivity index (χ2v) is 12.1. The van der Waals surface area contributed by atoms with Gasteiger partial charge in [0.2, 0.25) is 11.8 Å². The molecule has 6 nitrogen and oxygen atoms in total. The highest BCUT2D eigenvalue weighted by Gasteiger charge is 2.23. The number of rotatable bonds is 9. The van der Waals surface area contributed by atoms with Crippen LogP contribution in [-0.4, -0.2) is 46.9 Å². The van der Waals surface area contributed by atoms with E-state index in [1.54, 1.807) is 12.3 Å². The normalized spacial score (nSPS) is 14.3. The van der Waals surface area contributed by atoms with Crippen LogP contribution in [-0.2, 0) is 17.9 Å². The van der Waals surface area contributed by atoms with Gasteiger partial charge >= 0.3 is 0 Å². The monoisotopic (exact) mass is 629 g/mol. The quantitative estimate of drug-likeness (QED) is 0.174. The molecule has 3 aromatic carbocycles. The topological polar surface area (TPSA) is 54.9 Å². The van der Waals surface area contributed by atoms with E-state index < -0.39 is 0 Å². The minimum absolute atomic E-state index is 0.0524. The van der Waals surface area contributed by atoms with Gasteiger partial charge in [0.1, 0.15) is 12.4 Å². The number of pyridine rings is 1. The molecule has 1 fully saturated rings. The molecule has 8 heteroatoms. The Balaban J connectivity index is 1.19.